The fraction of sp³-hybridized carbons (Fsp3) is 0.647. The van der Waals surface area contributed by atoms with Crippen LogP contribution in [0.1, 0.15) is 53.2 Å². The highest BCUT2D eigenvalue weighted by Crippen LogP contribution is 2.34. The highest BCUT2D eigenvalue weighted by molar-refractivity contribution is 7.14. The quantitative estimate of drug-likeness (QED) is 0.910. The first-order valence-corrected chi connectivity index (χ1v) is 8.99. The van der Waals surface area contributed by atoms with E-state index in [2.05, 4.69) is 19.9 Å². The molecule has 0 aromatic carbocycles. The number of rotatable bonds is 2. The van der Waals surface area contributed by atoms with Crippen molar-refractivity contribution in [1.29, 1.82) is 0 Å². The maximum atomic E-state index is 12.9. The van der Waals surface area contributed by atoms with E-state index >= 15 is 0 Å². The number of nitrogens with zero attached hydrogens (tertiary/aromatic N) is 1. The number of carbonyl (C=O) groups excluding carboxylic acids is 2. The van der Waals surface area contributed by atoms with Crippen molar-refractivity contribution in [3.63, 3.8) is 0 Å². The molecule has 1 saturated heterocycles. The van der Waals surface area contributed by atoms with Gasteiger partial charge in [0.15, 0.2) is 0 Å². The van der Waals surface area contributed by atoms with E-state index in [0.29, 0.717) is 12.5 Å². The van der Waals surface area contributed by atoms with Crippen LogP contribution in [0.2, 0.25) is 0 Å². The summed E-state index contributed by atoms with van der Waals surface area (Å²) < 4.78 is 0. The number of thiophene rings is 1. The Morgan fingerprint density at radius 2 is 2.05 bits per heavy atom. The van der Waals surface area contributed by atoms with E-state index in [9.17, 15) is 9.59 Å². The Morgan fingerprint density at radius 3 is 2.77 bits per heavy atom. The number of hydrogen-bond donors (Lipinski definition) is 1. The summed E-state index contributed by atoms with van der Waals surface area (Å²) >= 11 is 1.64. The van der Waals surface area contributed by atoms with Gasteiger partial charge in [-0.05, 0) is 56.6 Å². The molecule has 1 aromatic heterocycles. The molecule has 22 heavy (non-hydrogen) atoms. The summed E-state index contributed by atoms with van der Waals surface area (Å²) in [6.45, 7) is 4.80. The van der Waals surface area contributed by atoms with Gasteiger partial charge in [0.05, 0.1) is 10.8 Å². The second-order valence-electron chi connectivity index (χ2n) is 6.89. The van der Waals surface area contributed by atoms with Gasteiger partial charge >= 0.3 is 0 Å². The van der Waals surface area contributed by atoms with Gasteiger partial charge in [-0.1, -0.05) is 6.92 Å². The Hall–Kier alpha value is -1.36. The molecule has 0 saturated carbocycles. The second-order valence-corrected chi connectivity index (χ2v) is 8.03. The number of likely N-dealkylation sites (tertiary alicyclic amines) is 1. The smallest absolute Gasteiger partial charge is 0.264 e. The molecule has 120 valence electrons. The van der Waals surface area contributed by atoms with Crippen molar-refractivity contribution in [1.82, 2.24) is 4.90 Å². The first kappa shape index (κ1) is 15.5. The van der Waals surface area contributed by atoms with Crippen molar-refractivity contribution in [2.24, 2.45) is 17.6 Å². The Morgan fingerprint density at radius 1 is 1.27 bits per heavy atom. The standard InChI is InChI=1S/C17H24N2O2S/c1-10-3-6-14-13(7-10)8-15(22-14)17(21)19-9-12(16(18)20)5-4-11(19)2/h8,10-12H,3-7,9H2,1-2H3,(H2,18,20)/t10-,11+,12+/m1/s1. The van der Waals surface area contributed by atoms with Gasteiger partial charge < -0.3 is 10.6 Å². The summed E-state index contributed by atoms with van der Waals surface area (Å²) in [6.07, 6.45) is 5.03. The fourth-order valence-electron chi connectivity index (χ4n) is 3.57. The Bertz CT molecular complexity index is 595. The molecule has 2 N–H and O–H groups in total. The number of fused-ring (bicyclic) bond motifs is 1. The number of amides is 2. The van der Waals surface area contributed by atoms with Gasteiger partial charge in [-0.3, -0.25) is 9.59 Å². The first-order chi connectivity index (χ1) is 10.5. The SMILES string of the molecule is C[C@@H]1CCc2sc(C(=O)N3C[C@@H](C(N)=O)CC[C@@H]3C)cc2C1. The summed E-state index contributed by atoms with van der Waals surface area (Å²) in [7, 11) is 0. The van der Waals surface area contributed by atoms with Gasteiger partial charge in [-0.25, -0.2) is 0 Å². The van der Waals surface area contributed by atoms with Crippen molar-refractivity contribution in [2.45, 2.75) is 52.0 Å². The van der Waals surface area contributed by atoms with Crippen LogP contribution in [-0.4, -0.2) is 29.3 Å². The summed E-state index contributed by atoms with van der Waals surface area (Å²) in [6, 6.07) is 2.26. The van der Waals surface area contributed by atoms with E-state index in [1.54, 1.807) is 11.3 Å². The van der Waals surface area contributed by atoms with Gasteiger partial charge in [-0.2, -0.15) is 0 Å². The van der Waals surface area contributed by atoms with E-state index < -0.39 is 0 Å². The van der Waals surface area contributed by atoms with Crippen LogP contribution in [0.15, 0.2) is 6.07 Å². The van der Waals surface area contributed by atoms with Crippen LogP contribution in [0.3, 0.4) is 0 Å². The molecule has 2 aliphatic rings. The molecular weight excluding hydrogens is 296 g/mol. The number of primary amides is 1. The molecule has 1 fully saturated rings. The van der Waals surface area contributed by atoms with Crippen LogP contribution in [0.25, 0.3) is 0 Å². The van der Waals surface area contributed by atoms with Crippen LogP contribution < -0.4 is 5.73 Å². The maximum Gasteiger partial charge on any atom is 0.264 e. The van der Waals surface area contributed by atoms with E-state index in [4.69, 9.17) is 5.73 Å². The minimum atomic E-state index is -0.288. The largest absolute Gasteiger partial charge is 0.369 e. The number of hydrogen-bond acceptors (Lipinski definition) is 3. The summed E-state index contributed by atoms with van der Waals surface area (Å²) in [5, 5.41) is 0. The summed E-state index contributed by atoms with van der Waals surface area (Å²) in [4.78, 5) is 28.4. The van der Waals surface area contributed by atoms with Crippen LogP contribution in [-0.2, 0) is 17.6 Å². The third kappa shape index (κ3) is 2.91. The zero-order valence-electron chi connectivity index (χ0n) is 13.3. The second kappa shape index (κ2) is 6.03. The highest BCUT2D eigenvalue weighted by atomic mass is 32.1. The Labute approximate surface area is 135 Å². The van der Waals surface area contributed by atoms with Gasteiger partial charge in [-0.15, -0.1) is 11.3 Å². The molecule has 5 heteroatoms. The fourth-order valence-corrected chi connectivity index (χ4v) is 4.74. The number of aryl methyl sites for hydroxylation is 1. The average Bonchev–Trinajstić information content (AvgIpc) is 2.89. The monoisotopic (exact) mass is 320 g/mol. The maximum absolute atomic E-state index is 12.9. The van der Waals surface area contributed by atoms with Gasteiger partial charge in [0.25, 0.3) is 5.91 Å². The van der Waals surface area contributed by atoms with E-state index in [1.165, 1.54) is 16.9 Å². The van der Waals surface area contributed by atoms with Crippen molar-refractivity contribution >= 4 is 23.2 Å². The van der Waals surface area contributed by atoms with Gasteiger partial charge in [0.2, 0.25) is 5.91 Å². The molecule has 3 rings (SSSR count). The molecule has 1 aliphatic carbocycles. The van der Waals surface area contributed by atoms with Crippen LogP contribution in [0.5, 0.6) is 0 Å². The van der Waals surface area contributed by atoms with Gasteiger partial charge in [0.1, 0.15) is 0 Å². The highest BCUT2D eigenvalue weighted by Gasteiger charge is 2.33. The van der Waals surface area contributed by atoms with Crippen molar-refractivity contribution in [3.8, 4) is 0 Å². The zero-order chi connectivity index (χ0) is 15.9. The lowest BCUT2D eigenvalue weighted by molar-refractivity contribution is -0.123. The molecule has 2 heterocycles. The number of piperidine rings is 1. The molecule has 0 unspecified atom stereocenters. The van der Waals surface area contributed by atoms with Crippen molar-refractivity contribution < 1.29 is 9.59 Å². The molecule has 0 spiro atoms. The molecular formula is C17H24N2O2S. The predicted molar refractivity (Wildman–Crippen MR) is 87.9 cm³/mol. The zero-order valence-corrected chi connectivity index (χ0v) is 14.1. The predicted octanol–water partition coefficient (Wildman–Crippen LogP) is 2.60. The van der Waals surface area contributed by atoms with Crippen LogP contribution in [0.4, 0.5) is 0 Å². The summed E-state index contributed by atoms with van der Waals surface area (Å²) in [5.74, 6) is 0.294. The lowest BCUT2D eigenvalue weighted by Crippen LogP contribution is -2.48. The molecule has 1 aliphatic heterocycles. The normalized spacial score (nSPS) is 28.3. The Kier molecular flexibility index (Phi) is 4.26. The third-order valence-corrected chi connectivity index (χ3v) is 6.31. The molecule has 4 nitrogen and oxygen atoms in total. The molecule has 0 bridgehead atoms. The Balaban J connectivity index is 1.79. The van der Waals surface area contributed by atoms with E-state index in [-0.39, 0.29) is 23.8 Å². The van der Waals surface area contributed by atoms with Crippen molar-refractivity contribution in [3.05, 3.63) is 21.4 Å². The van der Waals surface area contributed by atoms with E-state index in [1.807, 2.05) is 4.90 Å². The lowest BCUT2D eigenvalue weighted by atomic mass is 9.90. The molecule has 0 radical (unpaired) electrons. The molecule has 3 atom stereocenters. The minimum absolute atomic E-state index is 0.0745. The van der Waals surface area contributed by atoms with Crippen molar-refractivity contribution in [2.75, 3.05) is 6.54 Å². The van der Waals surface area contributed by atoms with Gasteiger partial charge in [0, 0.05) is 17.5 Å². The topological polar surface area (TPSA) is 63.4 Å². The van der Waals surface area contributed by atoms with E-state index in [0.717, 1.165) is 30.6 Å². The minimum Gasteiger partial charge on any atom is -0.369 e. The lowest BCUT2D eigenvalue weighted by Gasteiger charge is -2.36. The first-order valence-electron chi connectivity index (χ1n) is 8.17. The summed E-state index contributed by atoms with van der Waals surface area (Å²) in [5.41, 5.74) is 6.78. The molecule has 2 amide bonds. The average molecular weight is 320 g/mol. The van der Waals surface area contributed by atoms with Crippen LogP contribution in [0, 0.1) is 11.8 Å². The number of carbonyl (C=O) groups is 2. The third-order valence-electron chi connectivity index (χ3n) is 5.09. The van der Waals surface area contributed by atoms with Crippen LogP contribution >= 0.6 is 11.3 Å². The number of nitrogens with two attached hydrogens (primary N) is 1. The molecule has 1 aromatic rings.